The van der Waals surface area contributed by atoms with Gasteiger partial charge in [0.1, 0.15) is 0 Å². The van der Waals surface area contributed by atoms with Crippen LogP contribution in [0.3, 0.4) is 0 Å². The second-order valence-electron chi connectivity index (χ2n) is 8.74. The molecular formula is C27H29NO3. The van der Waals surface area contributed by atoms with Gasteiger partial charge in [0.15, 0.2) is 0 Å². The fourth-order valence-corrected chi connectivity index (χ4v) is 3.35. The minimum Gasteiger partial charge on any atom is -0.462 e. The standard InChI is InChI=1S/C27H29NO3/c1-19-6-10-21(11-7-19)22-12-16-24(17-13-22)28(25(29)26(30)31-5)18-20-8-14-23(15-9-20)27(2,3)4/h6-17H,18H2,1-5H3. The summed E-state index contributed by atoms with van der Waals surface area (Å²) in [5.74, 6) is -1.57. The van der Waals surface area contributed by atoms with Gasteiger partial charge < -0.3 is 4.74 Å². The van der Waals surface area contributed by atoms with Crippen molar-refractivity contribution in [2.24, 2.45) is 0 Å². The van der Waals surface area contributed by atoms with Crippen LogP contribution < -0.4 is 4.90 Å². The third kappa shape index (κ3) is 5.40. The second kappa shape index (κ2) is 9.17. The van der Waals surface area contributed by atoms with Crippen molar-refractivity contribution in [3.8, 4) is 11.1 Å². The van der Waals surface area contributed by atoms with Crippen LogP contribution in [0.5, 0.6) is 0 Å². The van der Waals surface area contributed by atoms with E-state index in [0.717, 1.165) is 16.7 Å². The number of rotatable bonds is 4. The maximum atomic E-state index is 12.7. The highest BCUT2D eigenvalue weighted by Crippen LogP contribution is 2.26. The van der Waals surface area contributed by atoms with Crippen LogP contribution in [-0.2, 0) is 26.3 Å². The van der Waals surface area contributed by atoms with Crippen molar-refractivity contribution in [2.45, 2.75) is 39.7 Å². The van der Waals surface area contributed by atoms with Crippen molar-refractivity contribution in [1.29, 1.82) is 0 Å². The number of nitrogens with zero attached hydrogens (tertiary/aromatic N) is 1. The van der Waals surface area contributed by atoms with Gasteiger partial charge in [0, 0.05) is 5.69 Å². The molecular weight excluding hydrogens is 386 g/mol. The summed E-state index contributed by atoms with van der Waals surface area (Å²) in [6.07, 6.45) is 0. The number of ether oxygens (including phenoxy) is 1. The number of anilines is 1. The molecule has 0 heterocycles. The molecule has 0 fully saturated rings. The highest BCUT2D eigenvalue weighted by Gasteiger charge is 2.24. The van der Waals surface area contributed by atoms with Gasteiger partial charge in [0.25, 0.3) is 0 Å². The monoisotopic (exact) mass is 415 g/mol. The van der Waals surface area contributed by atoms with E-state index in [4.69, 9.17) is 4.74 Å². The molecule has 0 aliphatic rings. The molecule has 160 valence electrons. The molecule has 0 bridgehead atoms. The number of hydrogen-bond acceptors (Lipinski definition) is 3. The van der Waals surface area contributed by atoms with Crippen LogP contribution in [0.25, 0.3) is 11.1 Å². The summed E-state index contributed by atoms with van der Waals surface area (Å²) >= 11 is 0. The lowest BCUT2D eigenvalue weighted by Crippen LogP contribution is -2.36. The van der Waals surface area contributed by atoms with Gasteiger partial charge in [0.2, 0.25) is 0 Å². The predicted octanol–water partition coefficient (Wildman–Crippen LogP) is 5.67. The SMILES string of the molecule is COC(=O)C(=O)N(Cc1ccc(C(C)(C)C)cc1)c1ccc(-c2ccc(C)cc2)cc1. The van der Waals surface area contributed by atoms with Gasteiger partial charge >= 0.3 is 11.9 Å². The zero-order valence-corrected chi connectivity index (χ0v) is 18.8. The highest BCUT2D eigenvalue weighted by molar-refractivity contribution is 6.38. The van der Waals surface area contributed by atoms with Crippen LogP contribution in [0.15, 0.2) is 72.8 Å². The summed E-state index contributed by atoms with van der Waals surface area (Å²) in [7, 11) is 1.22. The van der Waals surface area contributed by atoms with E-state index in [1.165, 1.54) is 23.1 Å². The van der Waals surface area contributed by atoms with E-state index < -0.39 is 11.9 Å². The van der Waals surface area contributed by atoms with E-state index in [1.807, 2.05) is 36.4 Å². The Bertz CT molecular complexity index is 1040. The molecule has 31 heavy (non-hydrogen) atoms. The smallest absolute Gasteiger partial charge is 0.397 e. The molecule has 3 aromatic carbocycles. The first kappa shape index (κ1) is 22.3. The third-order valence-corrected chi connectivity index (χ3v) is 5.33. The fraction of sp³-hybridized carbons (Fsp3) is 0.259. The highest BCUT2D eigenvalue weighted by atomic mass is 16.5. The Balaban J connectivity index is 1.89. The topological polar surface area (TPSA) is 46.6 Å². The second-order valence-corrected chi connectivity index (χ2v) is 8.74. The van der Waals surface area contributed by atoms with Crippen molar-refractivity contribution in [3.05, 3.63) is 89.5 Å². The van der Waals surface area contributed by atoms with Crippen LogP contribution in [0.4, 0.5) is 5.69 Å². The Morgan fingerprint density at radius 2 is 1.32 bits per heavy atom. The first-order valence-corrected chi connectivity index (χ1v) is 10.4. The van der Waals surface area contributed by atoms with Gasteiger partial charge in [-0.05, 0) is 46.7 Å². The van der Waals surface area contributed by atoms with E-state index in [0.29, 0.717) is 5.69 Å². The van der Waals surface area contributed by atoms with Gasteiger partial charge in [-0.15, -0.1) is 0 Å². The van der Waals surface area contributed by atoms with Gasteiger partial charge in [0.05, 0.1) is 13.7 Å². The molecule has 0 aromatic heterocycles. The quantitative estimate of drug-likeness (QED) is 0.408. The number of hydrogen-bond donors (Lipinski definition) is 0. The maximum absolute atomic E-state index is 12.7. The van der Waals surface area contributed by atoms with Crippen molar-refractivity contribution in [1.82, 2.24) is 0 Å². The Morgan fingerprint density at radius 1 is 0.806 bits per heavy atom. The van der Waals surface area contributed by atoms with Gasteiger partial charge in [-0.25, -0.2) is 4.79 Å². The van der Waals surface area contributed by atoms with E-state index in [2.05, 4.69) is 64.1 Å². The Labute approximate surface area is 184 Å². The normalized spacial score (nSPS) is 11.1. The van der Waals surface area contributed by atoms with Crippen LogP contribution in [0, 0.1) is 6.92 Å². The predicted molar refractivity (Wildman–Crippen MR) is 125 cm³/mol. The Morgan fingerprint density at radius 3 is 1.81 bits per heavy atom. The van der Waals surface area contributed by atoms with E-state index >= 15 is 0 Å². The van der Waals surface area contributed by atoms with E-state index in [9.17, 15) is 9.59 Å². The summed E-state index contributed by atoms with van der Waals surface area (Å²) < 4.78 is 4.69. The summed E-state index contributed by atoms with van der Waals surface area (Å²) in [6, 6.07) is 24.0. The number of methoxy groups -OCH3 is 1. The van der Waals surface area contributed by atoms with E-state index in [1.54, 1.807) is 0 Å². The van der Waals surface area contributed by atoms with E-state index in [-0.39, 0.29) is 12.0 Å². The molecule has 4 nitrogen and oxygen atoms in total. The minimum absolute atomic E-state index is 0.0475. The average Bonchev–Trinajstić information content (AvgIpc) is 2.77. The largest absolute Gasteiger partial charge is 0.462 e. The molecule has 4 heteroatoms. The van der Waals surface area contributed by atoms with Crippen LogP contribution in [-0.4, -0.2) is 19.0 Å². The molecule has 0 radical (unpaired) electrons. The fourth-order valence-electron chi connectivity index (χ4n) is 3.35. The number of carbonyl (C=O) groups is 2. The molecule has 0 atom stereocenters. The molecule has 1 amide bonds. The summed E-state index contributed by atoms with van der Waals surface area (Å²) in [5, 5.41) is 0. The lowest BCUT2D eigenvalue weighted by molar-refractivity contribution is -0.151. The average molecular weight is 416 g/mol. The number of amides is 1. The van der Waals surface area contributed by atoms with Crippen molar-refractivity contribution >= 4 is 17.6 Å². The molecule has 3 aromatic rings. The number of esters is 1. The lowest BCUT2D eigenvalue weighted by atomic mass is 9.87. The van der Waals surface area contributed by atoms with Crippen LogP contribution in [0.1, 0.15) is 37.5 Å². The lowest BCUT2D eigenvalue weighted by Gasteiger charge is -2.23. The van der Waals surface area contributed by atoms with Crippen molar-refractivity contribution < 1.29 is 14.3 Å². The molecule has 0 N–H and O–H groups in total. The zero-order chi connectivity index (χ0) is 22.6. The molecule has 0 spiro atoms. The maximum Gasteiger partial charge on any atom is 0.397 e. The first-order chi connectivity index (χ1) is 14.7. The third-order valence-electron chi connectivity index (χ3n) is 5.33. The number of aryl methyl sites for hydroxylation is 1. The van der Waals surface area contributed by atoms with Gasteiger partial charge in [-0.3, -0.25) is 9.69 Å². The van der Waals surface area contributed by atoms with Gasteiger partial charge in [-0.2, -0.15) is 0 Å². The van der Waals surface area contributed by atoms with Crippen LogP contribution >= 0.6 is 0 Å². The zero-order valence-electron chi connectivity index (χ0n) is 18.8. The molecule has 0 unspecified atom stereocenters. The molecule has 0 aliphatic carbocycles. The Hall–Kier alpha value is -3.40. The van der Waals surface area contributed by atoms with Crippen molar-refractivity contribution in [3.63, 3.8) is 0 Å². The molecule has 0 aliphatic heterocycles. The number of carbonyl (C=O) groups excluding carboxylic acids is 2. The molecule has 0 saturated heterocycles. The molecule has 0 saturated carbocycles. The Kier molecular flexibility index (Phi) is 6.59. The summed E-state index contributed by atoms with van der Waals surface area (Å²) in [4.78, 5) is 26.2. The number of benzene rings is 3. The van der Waals surface area contributed by atoms with Gasteiger partial charge in [-0.1, -0.05) is 87.0 Å². The van der Waals surface area contributed by atoms with Crippen LogP contribution in [0.2, 0.25) is 0 Å². The first-order valence-electron chi connectivity index (χ1n) is 10.4. The summed E-state index contributed by atoms with van der Waals surface area (Å²) in [5.41, 5.74) is 6.19. The summed E-state index contributed by atoms with van der Waals surface area (Å²) in [6.45, 7) is 8.81. The minimum atomic E-state index is -0.881. The van der Waals surface area contributed by atoms with Crippen molar-refractivity contribution in [2.75, 3.05) is 12.0 Å². The molecule has 3 rings (SSSR count).